The molecular formula is C13H23NO. The summed E-state index contributed by atoms with van der Waals surface area (Å²) >= 11 is 0. The van der Waals surface area contributed by atoms with E-state index in [1.54, 1.807) is 0 Å². The minimum atomic E-state index is 0.393. The molecule has 0 unspecified atom stereocenters. The van der Waals surface area contributed by atoms with E-state index in [9.17, 15) is 4.79 Å². The number of hydrogen-bond acceptors (Lipinski definition) is 1. The summed E-state index contributed by atoms with van der Waals surface area (Å²) in [7, 11) is 0. The maximum atomic E-state index is 12.2. The molecule has 0 aromatic rings. The second kappa shape index (κ2) is 5.00. The maximum Gasteiger partial charge on any atom is 0.225 e. The number of amides is 1. The van der Waals surface area contributed by atoms with Crippen molar-refractivity contribution in [2.45, 2.75) is 51.9 Å². The van der Waals surface area contributed by atoms with Gasteiger partial charge in [0.05, 0.1) is 0 Å². The highest BCUT2D eigenvalue weighted by Gasteiger charge is 2.37. The molecule has 0 N–H and O–H groups in total. The Kier molecular flexibility index (Phi) is 3.66. The standard InChI is InChI=1S/C13H23NO/c1-2-3-9-14-10-8-11-6-4-5-7-12(11)13(14)15/h11-12H,2-10H2,1H3/t11-,12+/m0/s1. The number of piperidine rings is 1. The van der Waals surface area contributed by atoms with Crippen LogP contribution in [0.25, 0.3) is 0 Å². The number of rotatable bonds is 3. The predicted molar refractivity (Wildman–Crippen MR) is 61.6 cm³/mol. The van der Waals surface area contributed by atoms with Crippen molar-refractivity contribution in [2.75, 3.05) is 13.1 Å². The first-order valence-corrected chi connectivity index (χ1v) is 6.61. The first kappa shape index (κ1) is 11.0. The van der Waals surface area contributed by atoms with Gasteiger partial charge in [0, 0.05) is 19.0 Å². The summed E-state index contributed by atoms with van der Waals surface area (Å²) in [6.07, 6.45) is 8.71. The topological polar surface area (TPSA) is 20.3 Å². The van der Waals surface area contributed by atoms with E-state index in [-0.39, 0.29) is 0 Å². The van der Waals surface area contributed by atoms with Crippen LogP contribution in [0, 0.1) is 11.8 Å². The molecule has 1 amide bonds. The van der Waals surface area contributed by atoms with Crippen molar-refractivity contribution in [3.63, 3.8) is 0 Å². The van der Waals surface area contributed by atoms with E-state index >= 15 is 0 Å². The molecule has 2 atom stereocenters. The number of carbonyl (C=O) groups is 1. The molecule has 15 heavy (non-hydrogen) atoms. The molecule has 2 aliphatic rings. The van der Waals surface area contributed by atoms with Gasteiger partial charge in [-0.25, -0.2) is 0 Å². The highest BCUT2D eigenvalue weighted by molar-refractivity contribution is 5.80. The molecular weight excluding hydrogens is 186 g/mol. The number of carbonyl (C=O) groups excluding carboxylic acids is 1. The molecule has 1 aliphatic carbocycles. The van der Waals surface area contributed by atoms with Crippen LogP contribution >= 0.6 is 0 Å². The smallest absolute Gasteiger partial charge is 0.225 e. The highest BCUT2D eigenvalue weighted by atomic mass is 16.2. The van der Waals surface area contributed by atoms with Gasteiger partial charge in [0.15, 0.2) is 0 Å². The molecule has 0 aromatic carbocycles. The molecule has 2 rings (SSSR count). The first-order valence-electron chi connectivity index (χ1n) is 6.61. The van der Waals surface area contributed by atoms with Gasteiger partial charge in [0.25, 0.3) is 0 Å². The van der Waals surface area contributed by atoms with E-state index in [0.717, 1.165) is 25.4 Å². The van der Waals surface area contributed by atoms with Crippen LogP contribution in [0.5, 0.6) is 0 Å². The fraction of sp³-hybridized carbons (Fsp3) is 0.923. The average molecular weight is 209 g/mol. The second-order valence-electron chi connectivity index (χ2n) is 5.12. The van der Waals surface area contributed by atoms with E-state index in [0.29, 0.717) is 11.8 Å². The van der Waals surface area contributed by atoms with Gasteiger partial charge in [0.2, 0.25) is 5.91 Å². The van der Waals surface area contributed by atoms with Crippen LogP contribution in [0.3, 0.4) is 0 Å². The third-order valence-electron chi connectivity index (χ3n) is 4.09. The summed E-state index contributed by atoms with van der Waals surface area (Å²) in [6.45, 7) is 4.22. The maximum absolute atomic E-state index is 12.2. The van der Waals surface area contributed by atoms with Gasteiger partial charge in [-0.15, -0.1) is 0 Å². The normalized spacial score (nSPS) is 31.5. The summed E-state index contributed by atoms with van der Waals surface area (Å²) in [4.78, 5) is 14.3. The number of unbranched alkanes of at least 4 members (excludes halogenated alkanes) is 1. The van der Waals surface area contributed by atoms with Crippen molar-refractivity contribution >= 4 is 5.91 Å². The van der Waals surface area contributed by atoms with Gasteiger partial charge < -0.3 is 4.90 Å². The molecule has 0 spiro atoms. The average Bonchev–Trinajstić information content (AvgIpc) is 2.29. The molecule has 2 nitrogen and oxygen atoms in total. The molecule has 0 radical (unpaired) electrons. The van der Waals surface area contributed by atoms with E-state index < -0.39 is 0 Å². The highest BCUT2D eigenvalue weighted by Crippen LogP contribution is 2.36. The van der Waals surface area contributed by atoms with Crippen LogP contribution in [0.4, 0.5) is 0 Å². The molecule has 2 heteroatoms. The van der Waals surface area contributed by atoms with Crippen LogP contribution in [-0.4, -0.2) is 23.9 Å². The molecule has 1 saturated heterocycles. The van der Waals surface area contributed by atoms with Crippen LogP contribution < -0.4 is 0 Å². The lowest BCUT2D eigenvalue weighted by molar-refractivity contribution is -0.142. The third kappa shape index (κ3) is 2.35. The summed E-state index contributed by atoms with van der Waals surface area (Å²) in [5.74, 6) is 1.59. The molecule has 0 aromatic heterocycles. The van der Waals surface area contributed by atoms with Crippen molar-refractivity contribution in [3.8, 4) is 0 Å². The zero-order chi connectivity index (χ0) is 10.7. The SMILES string of the molecule is CCCCN1CC[C@@H]2CCCC[C@H]2C1=O. The Balaban J connectivity index is 1.92. The van der Waals surface area contributed by atoms with Crippen molar-refractivity contribution in [1.29, 1.82) is 0 Å². The Morgan fingerprint density at radius 3 is 2.87 bits per heavy atom. The minimum absolute atomic E-state index is 0.393. The molecule has 1 saturated carbocycles. The van der Waals surface area contributed by atoms with Crippen molar-refractivity contribution in [1.82, 2.24) is 4.90 Å². The van der Waals surface area contributed by atoms with E-state index in [1.165, 1.54) is 38.5 Å². The lowest BCUT2D eigenvalue weighted by Gasteiger charge is -2.40. The second-order valence-corrected chi connectivity index (χ2v) is 5.12. The van der Waals surface area contributed by atoms with Crippen molar-refractivity contribution in [3.05, 3.63) is 0 Å². The molecule has 86 valence electrons. The Hall–Kier alpha value is -0.530. The van der Waals surface area contributed by atoms with E-state index in [4.69, 9.17) is 0 Å². The Labute approximate surface area is 93.0 Å². The quantitative estimate of drug-likeness (QED) is 0.700. The van der Waals surface area contributed by atoms with Gasteiger partial charge in [-0.2, -0.15) is 0 Å². The number of hydrogen-bond donors (Lipinski definition) is 0. The zero-order valence-electron chi connectivity index (χ0n) is 9.87. The number of nitrogens with zero attached hydrogens (tertiary/aromatic N) is 1. The van der Waals surface area contributed by atoms with Crippen LogP contribution in [-0.2, 0) is 4.79 Å². The minimum Gasteiger partial charge on any atom is -0.342 e. The van der Waals surface area contributed by atoms with Crippen LogP contribution in [0.2, 0.25) is 0 Å². The fourth-order valence-corrected chi connectivity index (χ4v) is 3.12. The Morgan fingerprint density at radius 2 is 2.07 bits per heavy atom. The lowest BCUT2D eigenvalue weighted by atomic mass is 9.74. The molecule has 0 bridgehead atoms. The van der Waals surface area contributed by atoms with E-state index in [2.05, 4.69) is 11.8 Å². The van der Waals surface area contributed by atoms with Crippen LogP contribution in [0.15, 0.2) is 0 Å². The van der Waals surface area contributed by atoms with Gasteiger partial charge >= 0.3 is 0 Å². The summed E-state index contributed by atoms with van der Waals surface area (Å²) < 4.78 is 0. The predicted octanol–water partition coefficient (Wildman–Crippen LogP) is 2.83. The molecule has 1 heterocycles. The van der Waals surface area contributed by atoms with Gasteiger partial charge in [-0.1, -0.05) is 26.2 Å². The van der Waals surface area contributed by atoms with Crippen molar-refractivity contribution < 1.29 is 4.79 Å². The summed E-state index contributed by atoms with van der Waals surface area (Å²) in [5.41, 5.74) is 0. The number of likely N-dealkylation sites (tertiary alicyclic amines) is 1. The van der Waals surface area contributed by atoms with E-state index in [1.807, 2.05) is 0 Å². The summed E-state index contributed by atoms with van der Waals surface area (Å²) in [5, 5.41) is 0. The third-order valence-corrected chi connectivity index (χ3v) is 4.09. The fourth-order valence-electron chi connectivity index (χ4n) is 3.12. The first-order chi connectivity index (χ1) is 7.33. The van der Waals surface area contributed by atoms with Gasteiger partial charge in [0.1, 0.15) is 0 Å². The largest absolute Gasteiger partial charge is 0.342 e. The Morgan fingerprint density at radius 1 is 1.27 bits per heavy atom. The molecule has 1 aliphatic heterocycles. The zero-order valence-corrected chi connectivity index (χ0v) is 9.87. The van der Waals surface area contributed by atoms with Crippen LogP contribution in [0.1, 0.15) is 51.9 Å². The monoisotopic (exact) mass is 209 g/mol. The van der Waals surface area contributed by atoms with Crippen molar-refractivity contribution in [2.24, 2.45) is 11.8 Å². The van der Waals surface area contributed by atoms with Gasteiger partial charge in [-0.3, -0.25) is 4.79 Å². The lowest BCUT2D eigenvalue weighted by Crippen LogP contribution is -2.46. The number of fused-ring (bicyclic) bond motifs is 1. The molecule has 2 fully saturated rings. The Bertz CT molecular complexity index is 227. The summed E-state index contributed by atoms with van der Waals surface area (Å²) in [6, 6.07) is 0. The van der Waals surface area contributed by atoms with Gasteiger partial charge in [-0.05, 0) is 31.6 Å².